The molecule has 1 saturated carbocycles. The van der Waals surface area contributed by atoms with Crippen LogP contribution >= 0.6 is 0 Å². The van der Waals surface area contributed by atoms with E-state index in [0.29, 0.717) is 18.3 Å². The molecule has 2 N–H and O–H groups in total. The summed E-state index contributed by atoms with van der Waals surface area (Å²) in [5.74, 6) is -0.231. The molecule has 1 atom stereocenters. The van der Waals surface area contributed by atoms with E-state index in [2.05, 4.69) is 9.55 Å². The molecule has 1 aromatic carbocycles. The zero-order valence-corrected chi connectivity index (χ0v) is 11.5. The Bertz CT molecular complexity index is 591. The standard InChI is InChI=1S/C15H19FN4/c1-19(13-5-3-2-4-12(13)16)14(8-17)15-9-18-10-20(15)11-6-7-11/h2-5,9-11,14H,6-8,17H2,1H3. The minimum atomic E-state index is -0.231. The summed E-state index contributed by atoms with van der Waals surface area (Å²) in [7, 11) is 1.88. The molecule has 0 saturated heterocycles. The van der Waals surface area contributed by atoms with Crippen LogP contribution in [0.4, 0.5) is 10.1 Å². The summed E-state index contributed by atoms with van der Waals surface area (Å²) in [6.07, 6.45) is 6.06. The smallest absolute Gasteiger partial charge is 0.146 e. The lowest BCUT2D eigenvalue weighted by atomic mass is 10.1. The Morgan fingerprint density at radius 2 is 2.20 bits per heavy atom. The third kappa shape index (κ3) is 2.29. The second-order valence-corrected chi connectivity index (χ2v) is 5.27. The highest BCUT2D eigenvalue weighted by molar-refractivity contribution is 5.48. The van der Waals surface area contributed by atoms with Gasteiger partial charge in [0.15, 0.2) is 0 Å². The molecule has 2 aromatic rings. The lowest BCUT2D eigenvalue weighted by molar-refractivity contribution is 0.573. The Labute approximate surface area is 118 Å². The Balaban J connectivity index is 1.93. The van der Waals surface area contributed by atoms with Crippen molar-refractivity contribution in [1.29, 1.82) is 0 Å². The number of anilines is 1. The van der Waals surface area contributed by atoms with Gasteiger partial charge in [-0.05, 0) is 25.0 Å². The van der Waals surface area contributed by atoms with Gasteiger partial charge in [0.2, 0.25) is 0 Å². The highest BCUT2D eigenvalue weighted by atomic mass is 19.1. The number of hydrogen-bond acceptors (Lipinski definition) is 3. The molecule has 1 aliphatic rings. The number of aromatic nitrogens is 2. The van der Waals surface area contributed by atoms with Crippen LogP contribution in [0.15, 0.2) is 36.8 Å². The van der Waals surface area contributed by atoms with Crippen LogP contribution in [-0.2, 0) is 0 Å². The number of benzene rings is 1. The van der Waals surface area contributed by atoms with Gasteiger partial charge in [-0.25, -0.2) is 9.37 Å². The van der Waals surface area contributed by atoms with Crippen LogP contribution in [-0.4, -0.2) is 23.1 Å². The molecule has 1 heterocycles. The van der Waals surface area contributed by atoms with E-state index in [0.717, 1.165) is 5.69 Å². The van der Waals surface area contributed by atoms with Crippen LogP contribution in [0.25, 0.3) is 0 Å². The average Bonchev–Trinajstić information content (AvgIpc) is 3.19. The fraction of sp³-hybridized carbons (Fsp3) is 0.400. The zero-order chi connectivity index (χ0) is 14.1. The van der Waals surface area contributed by atoms with Crippen molar-refractivity contribution in [3.05, 3.63) is 48.3 Å². The van der Waals surface area contributed by atoms with Crippen LogP contribution in [0.3, 0.4) is 0 Å². The number of rotatable bonds is 5. The SMILES string of the molecule is CN(c1ccccc1F)C(CN)c1cncn1C1CC1. The predicted molar refractivity (Wildman–Crippen MR) is 77.1 cm³/mol. The van der Waals surface area contributed by atoms with Crippen molar-refractivity contribution in [2.24, 2.45) is 5.73 Å². The van der Waals surface area contributed by atoms with E-state index >= 15 is 0 Å². The maximum atomic E-state index is 13.9. The van der Waals surface area contributed by atoms with Crippen LogP contribution in [0.1, 0.15) is 30.6 Å². The summed E-state index contributed by atoms with van der Waals surface area (Å²) in [6, 6.07) is 7.23. The molecular weight excluding hydrogens is 255 g/mol. The molecular formula is C15H19FN4. The molecule has 106 valence electrons. The maximum absolute atomic E-state index is 13.9. The summed E-state index contributed by atoms with van der Waals surface area (Å²) < 4.78 is 16.1. The van der Waals surface area contributed by atoms with Gasteiger partial charge in [0, 0.05) is 19.6 Å². The van der Waals surface area contributed by atoms with Crippen molar-refractivity contribution in [3.8, 4) is 0 Å². The third-order valence-electron chi connectivity index (χ3n) is 3.90. The summed E-state index contributed by atoms with van der Waals surface area (Å²) in [6.45, 7) is 0.420. The molecule has 0 radical (unpaired) electrons. The number of nitrogens with two attached hydrogens (primary N) is 1. The predicted octanol–water partition coefficient (Wildman–Crippen LogP) is 2.49. The van der Waals surface area contributed by atoms with E-state index in [-0.39, 0.29) is 11.9 Å². The molecule has 1 aliphatic carbocycles. The van der Waals surface area contributed by atoms with Gasteiger partial charge in [-0.2, -0.15) is 0 Å². The van der Waals surface area contributed by atoms with Gasteiger partial charge < -0.3 is 15.2 Å². The largest absolute Gasteiger partial charge is 0.362 e. The number of nitrogens with zero attached hydrogens (tertiary/aromatic N) is 3. The van der Waals surface area contributed by atoms with Crippen LogP contribution < -0.4 is 10.6 Å². The molecule has 20 heavy (non-hydrogen) atoms. The van der Waals surface area contributed by atoms with E-state index in [4.69, 9.17) is 5.73 Å². The Morgan fingerprint density at radius 3 is 2.85 bits per heavy atom. The van der Waals surface area contributed by atoms with Gasteiger partial charge in [0.05, 0.1) is 29.9 Å². The van der Waals surface area contributed by atoms with Crippen molar-refractivity contribution in [2.75, 3.05) is 18.5 Å². The first-order valence-electron chi connectivity index (χ1n) is 6.91. The Kier molecular flexibility index (Phi) is 3.44. The van der Waals surface area contributed by atoms with Gasteiger partial charge in [-0.1, -0.05) is 12.1 Å². The van der Waals surface area contributed by atoms with Crippen LogP contribution in [0, 0.1) is 5.82 Å². The van der Waals surface area contributed by atoms with Gasteiger partial charge in [-0.3, -0.25) is 0 Å². The first-order valence-corrected chi connectivity index (χ1v) is 6.91. The molecule has 1 unspecified atom stereocenters. The first kappa shape index (κ1) is 13.1. The topological polar surface area (TPSA) is 47.1 Å². The Morgan fingerprint density at radius 1 is 1.45 bits per heavy atom. The molecule has 1 fully saturated rings. The van der Waals surface area contributed by atoms with E-state index in [9.17, 15) is 4.39 Å². The van der Waals surface area contributed by atoms with Gasteiger partial charge in [-0.15, -0.1) is 0 Å². The number of imidazole rings is 1. The quantitative estimate of drug-likeness (QED) is 0.911. The van der Waals surface area contributed by atoms with Crippen molar-refractivity contribution in [1.82, 2.24) is 9.55 Å². The molecule has 4 nitrogen and oxygen atoms in total. The molecule has 0 bridgehead atoms. The summed E-state index contributed by atoms with van der Waals surface area (Å²) in [5.41, 5.74) is 7.55. The second-order valence-electron chi connectivity index (χ2n) is 5.27. The highest BCUT2D eigenvalue weighted by Gasteiger charge is 2.29. The van der Waals surface area contributed by atoms with Gasteiger partial charge in [0.25, 0.3) is 0 Å². The number of hydrogen-bond donors (Lipinski definition) is 1. The van der Waals surface area contributed by atoms with E-state index in [1.54, 1.807) is 12.1 Å². The average molecular weight is 274 g/mol. The maximum Gasteiger partial charge on any atom is 0.146 e. The van der Waals surface area contributed by atoms with E-state index in [1.165, 1.54) is 18.9 Å². The summed E-state index contributed by atoms with van der Waals surface area (Å²) in [5, 5.41) is 0. The van der Waals surface area contributed by atoms with Crippen LogP contribution in [0.5, 0.6) is 0 Å². The van der Waals surface area contributed by atoms with Crippen molar-refractivity contribution < 1.29 is 4.39 Å². The fourth-order valence-electron chi connectivity index (χ4n) is 2.61. The lowest BCUT2D eigenvalue weighted by Gasteiger charge is -2.30. The normalized spacial score (nSPS) is 16.1. The summed E-state index contributed by atoms with van der Waals surface area (Å²) >= 11 is 0. The van der Waals surface area contributed by atoms with E-state index < -0.39 is 0 Å². The minimum absolute atomic E-state index is 0.0741. The fourth-order valence-corrected chi connectivity index (χ4v) is 2.61. The number of halogens is 1. The van der Waals surface area contributed by atoms with Gasteiger partial charge in [0.1, 0.15) is 5.82 Å². The molecule has 0 amide bonds. The Hall–Kier alpha value is -1.88. The first-order chi connectivity index (χ1) is 9.72. The summed E-state index contributed by atoms with van der Waals surface area (Å²) in [4.78, 5) is 6.13. The van der Waals surface area contributed by atoms with Gasteiger partial charge >= 0.3 is 0 Å². The molecule has 1 aromatic heterocycles. The van der Waals surface area contributed by atoms with Crippen LogP contribution in [0.2, 0.25) is 0 Å². The molecule has 5 heteroatoms. The minimum Gasteiger partial charge on any atom is -0.362 e. The molecule has 0 aliphatic heterocycles. The van der Waals surface area contributed by atoms with E-state index in [1.807, 2.05) is 30.5 Å². The molecule has 0 spiro atoms. The second kappa shape index (κ2) is 5.25. The number of likely N-dealkylation sites (N-methyl/N-ethyl adjacent to an activating group) is 1. The zero-order valence-electron chi connectivity index (χ0n) is 11.5. The molecule has 3 rings (SSSR count). The third-order valence-corrected chi connectivity index (χ3v) is 3.90. The monoisotopic (exact) mass is 274 g/mol. The van der Waals surface area contributed by atoms with Crippen molar-refractivity contribution in [3.63, 3.8) is 0 Å². The lowest BCUT2D eigenvalue weighted by Crippen LogP contribution is -2.32. The van der Waals surface area contributed by atoms with Crippen molar-refractivity contribution in [2.45, 2.75) is 24.9 Å². The number of para-hydroxylation sites is 1. The van der Waals surface area contributed by atoms with Crippen molar-refractivity contribution >= 4 is 5.69 Å². The highest BCUT2D eigenvalue weighted by Crippen LogP contribution is 2.38.